The molecule has 2 rings (SSSR count). The molecule has 4 nitrogen and oxygen atoms in total. The van der Waals surface area contributed by atoms with Crippen LogP contribution in [0.25, 0.3) is 0 Å². The highest BCUT2D eigenvalue weighted by atomic mass is 35.5. The van der Waals surface area contributed by atoms with E-state index in [0.717, 1.165) is 5.56 Å². The average Bonchev–Trinajstić information content (AvgIpc) is 2.89. The maximum Gasteiger partial charge on any atom is 0.134 e. The van der Waals surface area contributed by atoms with Crippen LogP contribution < -0.4 is 0 Å². The van der Waals surface area contributed by atoms with Crippen LogP contribution in [0.1, 0.15) is 24.6 Å². The van der Waals surface area contributed by atoms with Crippen LogP contribution in [0, 0.1) is 0 Å². The number of aliphatic hydroxyl groups is 1. The fourth-order valence-corrected chi connectivity index (χ4v) is 2.36. The predicted octanol–water partition coefficient (Wildman–Crippen LogP) is 2.16. The standard InChI is InChI=1S/C13H16ClN3O/c1-2-17-12(10-15-16-17)13(18,8-9-14)11-6-4-3-5-7-11/h3-7,10,18H,2,8-9H2,1H3. The van der Waals surface area contributed by atoms with Crippen molar-refractivity contribution in [2.75, 3.05) is 5.88 Å². The van der Waals surface area contributed by atoms with Crippen LogP contribution in [0.3, 0.4) is 0 Å². The first-order chi connectivity index (χ1) is 8.72. The molecule has 0 saturated carbocycles. The molecule has 2 aromatic rings. The molecule has 0 radical (unpaired) electrons. The van der Waals surface area contributed by atoms with Crippen molar-refractivity contribution in [1.29, 1.82) is 0 Å². The number of halogens is 1. The molecule has 18 heavy (non-hydrogen) atoms. The van der Waals surface area contributed by atoms with Crippen molar-refractivity contribution in [3.63, 3.8) is 0 Å². The minimum atomic E-state index is -1.14. The van der Waals surface area contributed by atoms with Gasteiger partial charge in [0.2, 0.25) is 0 Å². The summed E-state index contributed by atoms with van der Waals surface area (Å²) in [5.41, 5.74) is 0.349. The summed E-state index contributed by atoms with van der Waals surface area (Å²) in [6.45, 7) is 2.62. The molecule has 96 valence electrons. The van der Waals surface area contributed by atoms with Crippen LogP contribution in [0.4, 0.5) is 0 Å². The van der Waals surface area contributed by atoms with E-state index < -0.39 is 5.60 Å². The van der Waals surface area contributed by atoms with E-state index in [9.17, 15) is 5.11 Å². The fourth-order valence-electron chi connectivity index (χ4n) is 2.08. The zero-order valence-corrected chi connectivity index (χ0v) is 11.0. The minimum Gasteiger partial charge on any atom is -0.379 e. The molecule has 1 unspecified atom stereocenters. The van der Waals surface area contributed by atoms with E-state index in [4.69, 9.17) is 11.6 Å². The SMILES string of the molecule is CCn1nncc1C(O)(CCCl)c1ccccc1. The lowest BCUT2D eigenvalue weighted by atomic mass is 9.88. The Bertz CT molecular complexity index is 500. The average molecular weight is 266 g/mol. The summed E-state index contributed by atoms with van der Waals surface area (Å²) in [7, 11) is 0. The zero-order chi connectivity index (χ0) is 13.0. The van der Waals surface area contributed by atoms with E-state index >= 15 is 0 Å². The maximum atomic E-state index is 11.0. The Kier molecular flexibility index (Phi) is 3.99. The highest BCUT2D eigenvalue weighted by Gasteiger charge is 2.34. The van der Waals surface area contributed by atoms with E-state index in [2.05, 4.69) is 10.3 Å². The highest BCUT2D eigenvalue weighted by Crippen LogP contribution is 2.32. The van der Waals surface area contributed by atoms with Crippen LogP contribution in [0.2, 0.25) is 0 Å². The van der Waals surface area contributed by atoms with Crippen molar-refractivity contribution in [2.45, 2.75) is 25.5 Å². The van der Waals surface area contributed by atoms with Gasteiger partial charge >= 0.3 is 0 Å². The van der Waals surface area contributed by atoms with Gasteiger partial charge < -0.3 is 5.11 Å². The molecule has 1 aromatic carbocycles. The van der Waals surface area contributed by atoms with E-state index in [1.165, 1.54) is 0 Å². The van der Waals surface area contributed by atoms with Gasteiger partial charge in [0.15, 0.2) is 0 Å². The van der Waals surface area contributed by atoms with Crippen LogP contribution >= 0.6 is 11.6 Å². The second kappa shape index (κ2) is 5.50. The molecular weight excluding hydrogens is 250 g/mol. The maximum absolute atomic E-state index is 11.0. The Hall–Kier alpha value is -1.39. The Morgan fingerprint density at radius 3 is 2.67 bits per heavy atom. The van der Waals surface area contributed by atoms with Gasteiger partial charge in [-0.25, -0.2) is 4.68 Å². The number of aromatic nitrogens is 3. The molecule has 0 aliphatic rings. The van der Waals surface area contributed by atoms with Gasteiger partial charge in [-0.1, -0.05) is 35.5 Å². The summed E-state index contributed by atoms with van der Waals surface area (Å²) < 4.78 is 1.69. The van der Waals surface area contributed by atoms with Crippen LogP contribution in [-0.4, -0.2) is 26.0 Å². The smallest absolute Gasteiger partial charge is 0.134 e. The first kappa shape index (κ1) is 13.1. The van der Waals surface area contributed by atoms with Crippen molar-refractivity contribution < 1.29 is 5.11 Å². The molecule has 0 saturated heterocycles. The molecule has 0 fully saturated rings. The van der Waals surface area contributed by atoms with Crippen molar-refractivity contribution in [3.05, 3.63) is 47.8 Å². The summed E-state index contributed by atoms with van der Waals surface area (Å²) in [4.78, 5) is 0. The fraction of sp³-hybridized carbons (Fsp3) is 0.385. The molecule has 0 spiro atoms. The van der Waals surface area contributed by atoms with Gasteiger partial charge in [-0.05, 0) is 18.9 Å². The van der Waals surface area contributed by atoms with E-state index in [1.807, 2.05) is 37.3 Å². The summed E-state index contributed by atoms with van der Waals surface area (Å²) in [5, 5.41) is 18.8. The Balaban J connectivity index is 2.51. The van der Waals surface area contributed by atoms with Gasteiger partial charge in [0, 0.05) is 12.4 Å². The third-order valence-corrected chi connectivity index (χ3v) is 3.24. The quantitative estimate of drug-likeness (QED) is 0.843. The lowest BCUT2D eigenvalue weighted by Crippen LogP contribution is -2.31. The third-order valence-electron chi connectivity index (χ3n) is 3.05. The molecule has 0 amide bonds. The second-order valence-corrected chi connectivity index (χ2v) is 4.48. The molecule has 1 heterocycles. The molecule has 1 atom stereocenters. The Morgan fingerprint density at radius 2 is 2.06 bits per heavy atom. The summed E-state index contributed by atoms with van der Waals surface area (Å²) in [5.74, 6) is 0.361. The van der Waals surface area contributed by atoms with Gasteiger partial charge in [0.1, 0.15) is 5.60 Å². The van der Waals surface area contributed by atoms with Crippen LogP contribution in [0.15, 0.2) is 36.5 Å². The van der Waals surface area contributed by atoms with Crippen LogP contribution in [0.5, 0.6) is 0 Å². The topological polar surface area (TPSA) is 50.9 Å². The van der Waals surface area contributed by atoms with Crippen molar-refractivity contribution in [1.82, 2.24) is 15.0 Å². The van der Waals surface area contributed by atoms with Gasteiger partial charge in [-0.3, -0.25) is 0 Å². The lowest BCUT2D eigenvalue weighted by molar-refractivity contribution is 0.0676. The number of aryl methyl sites for hydroxylation is 1. The predicted molar refractivity (Wildman–Crippen MR) is 70.5 cm³/mol. The number of alkyl halides is 1. The Labute approximate surface area is 111 Å². The number of hydrogen-bond donors (Lipinski definition) is 1. The Morgan fingerprint density at radius 1 is 1.33 bits per heavy atom. The summed E-state index contributed by atoms with van der Waals surface area (Å²) in [6.07, 6.45) is 2.02. The van der Waals surface area contributed by atoms with Gasteiger partial charge in [-0.2, -0.15) is 0 Å². The first-order valence-electron chi connectivity index (χ1n) is 5.95. The molecule has 0 aliphatic carbocycles. The monoisotopic (exact) mass is 265 g/mol. The number of benzene rings is 1. The number of hydrogen-bond acceptors (Lipinski definition) is 3. The molecule has 0 bridgehead atoms. The largest absolute Gasteiger partial charge is 0.379 e. The summed E-state index contributed by atoms with van der Waals surface area (Å²) >= 11 is 5.84. The molecule has 1 aromatic heterocycles. The van der Waals surface area contributed by atoms with Gasteiger partial charge in [0.05, 0.1) is 11.9 Å². The lowest BCUT2D eigenvalue weighted by Gasteiger charge is -2.28. The molecule has 5 heteroatoms. The first-order valence-corrected chi connectivity index (χ1v) is 6.48. The molecule has 0 aliphatic heterocycles. The van der Waals surface area contributed by atoms with Crippen LogP contribution in [-0.2, 0) is 12.1 Å². The van der Waals surface area contributed by atoms with E-state index in [-0.39, 0.29) is 0 Å². The van der Waals surface area contributed by atoms with Gasteiger partial charge in [0.25, 0.3) is 0 Å². The van der Waals surface area contributed by atoms with E-state index in [1.54, 1.807) is 10.9 Å². The number of rotatable bonds is 5. The molecular formula is C13H16ClN3O. The normalized spacial score (nSPS) is 14.4. The van der Waals surface area contributed by atoms with Crippen molar-refractivity contribution >= 4 is 11.6 Å². The highest BCUT2D eigenvalue weighted by molar-refractivity contribution is 6.17. The van der Waals surface area contributed by atoms with Crippen molar-refractivity contribution in [3.8, 4) is 0 Å². The van der Waals surface area contributed by atoms with Crippen molar-refractivity contribution in [2.24, 2.45) is 0 Å². The van der Waals surface area contributed by atoms with E-state index in [0.29, 0.717) is 24.5 Å². The second-order valence-electron chi connectivity index (χ2n) is 4.10. The van der Waals surface area contributed by atoms with Gasteiger partial charge in [-0.15, -0.1) is 16.7 Å². The minimum absolute atomic E-state index is 0.361. The number of nitrogens with zero attached hydrogens (tertiary/aromatic N) is 3. The molecule has 1 N–H and O–H groups in total. The summed E-state index contributed by atoms with van der Waals surface area (Å²) in [6, 6.07) is 9.49. The third kappa shape index (κ3) is 2.26. The zero-order valence-electron chi connectivity index (χ0n) is 10.3.